The van der Waals surface area contributed by atoms with Gasteiger partial charge in [-0.05, 0) is 23.7 Å². The van der Waals surface area contributed by atoms with Crippen molar-refractivity contribution < 1.29 is 0 Å². The van der Waals surface area contributed by atoms with E-state index in [1.54, 1.807) is 12.3 Å². The van der Waals surface area contributed by atoms with Crippen LogP contribution >= 0.6 is 23.3 Å². The van der Waals surface area contributed by atoms with Gasteiger partial charge in [0.2, 0.25) is 0 Å². The van der Waals surface area contributed by atoms with Gasteiger partial charge in [0, 0.05) is 11.1 Å². The Morgan fingerprint density at radius 2 is 2.29 bits per heavy atom. The van der Waals surface area contributed by atoms with E-state index >= 15 is 0 Å². The Morgan fingerprint density at radius 1 is 1.36 bits per heavy atom. The number of pyridine rings is 1. The lowest BCUT2D eigenvalue weighted by Crippen LogP contribution is -1.81. The SMILES string of the molecule is N#Cc1ccc(Sc2ncns2)cn1. The summed E-state index contributed by atoms with van der Waals surface area (Å²) in [5, 5.41) is 8.55. The van der Waals surface area contributed by atoms with Crippen LogP contribution in [0.4, 0.5) is 0 Å². The van der Waals surface area contributed by atoms with Gasteiger partial charge in [0.05, 0.1) is 0 Å². The number of nitriles is 1. The van der Waals surface area contributed by atoms with Gasteiger partial charge in [0.25, 0.3) is 0 Å². The van der Waals surface area contributed by atoms with Gasteiger partial charge in [-0.3, -0.25) is 0 Å². The molecule has 2 aromatic rings. The molecule has 0 fully saturated rings. The number of rotatable bonds is 2. The van der Waals surface area contributed by atoms with Crippen molar-refractivity contribution in [3.8, 4) is 6.07 Å². The van der Waals surface area contributed by atoms with E-state index in [0.29, 0.717) is 5.69 Å². The lowest BCUT2D eigenvalue weighted by molar-refractivity contribution is 1.18. The predicted octanol–water partition coefficient (Wildman–Crippen LogP) is 1.96. The maximum Gasteiger partial charge on any atom is 0.174 e. The summed E-state index contributed by atoms with van der Waals surface area (Å²) >= 11 is 2.82. The molecule has 0 radical (unpaired) electrons. The molecule has 0 bridgehead atoms. The summed E-state index contributed by atoms with van der Waals surface area (Å²) in [6, 6.07) is 5.50. The number of hydrogen-bond donors (Lipinski definition) is 0. The molecule has 2 heterocycles. The van der Waals surface area contributed by atoms with Crippen molar-refractivity contribution in [1.82, 2.24) is 14.3 Å². The average molecular weight is 220 g/mol. The lowest BCUT2D eigenvalue weighted by atomic mass is 10.4. The van der Waals surface area contributed by atoms with Gasteiger partial charge in [0.15, 0.2) is 4.34 Å². The smallest absolute Gasteiger partial charge is 0.174 e. The van der Waals surface area contributed by atoms with Gasteiger partial charge in [-0.25, -0.2) is 9.97 Å². The van der Waals surface area contributed by atoms with E-state index in [1.165, 1.54) is 29.6 Å². The molecule has 14 heavy (non-hydrogen) atoms. The summed E-state index contributed by atoms with van der Waals surface area (Å²) in [5.74, 6) is 0. The molecule has 0 spiro atoms. The molecule has 0 saturated heterocycles. The first kappa shape index (κ1) is 9.12. The highest BCUT2D eigenvalue weighted by molar-refractivity contribution is 8.01. The van der Waals surface area contributed by atoms with Crippen LogP contribution in [0.2, 0.25) is 0 Å². The third kappa shape index (κ3) is 2.07. The molecule has 0 aliphatic carbocycles. The van der Waals surface area contributed by atoms with E-state index < -0.39 is 0 Å². The second-order valence-corrected chi connectivity index (χ2v) is 4.40. The Bertz CT molecular complexity index is 443. The van der Waals surface area contributed by atoms with E-state index in [4.69, 9.17) is 5.26 Å². The monoisotopic (exact) mass is 220 g/mol. The largest absolute Gasteiger partial charge is 0.244 e. The average Bonchev–Trinajstić information content (AvgIpc) is 2.72. The van der Waals surface area contributed by atoms with E-state index in [9.17, 15) is 0 Å². The van der Waals surface area contributed by atoms with Gasteiger partial charge in [0.1, 0.15) is 18.1 Å². The van der Waals surface area contributed by atoms with E-state index in [0.717, 1.165) is 9.24 Å². The molecule has 68 valence electrons. The van der Waals surface area contributed by atoms with Gasteiger partial charge in [-0.15, -0.1) is 0 Å². The summed E-state index contributed by atoms with van der Waals surface area (Å²) in [6.07, 6.45) is 3.18. The van der Waals surface area contributed by atoms with Crippen LogP contribution < -0.4 is 0 Å². The molecule has 0 saturated carbocycles. The molecule has 0 amide bonds. The molecule has 4 nitrogen and oxygen atoms in total. The zero-order valence-corrected chi connectivity index (χ0v) is 8.55. The Labute approximate surface area is 88.8 Å². The predicted molar refractivity (Wildman–Crippen MR) is 53.0 cm³/mol. The van der Waals surface area contributed by atoms with Crippen LogP contribution in [0.25, 0.3) is 0 Å². The zero-order valence-electron chi connectivity index (χ0n) is 6.91. The lowest BCUT2D eigenvalue weighted by Gasteiger charge is -1.94. The highest BCUT2D eigenvalue weighted by Crippen LogP contribution is 2.27. The van der Waals surface area contributed by atoms with Crippen LogP contribution in [-0.4, -0.2) is 14.3 Å². The van der Waals surface area contributed by atoms with Crippen molar-refractivity contribution in [3.05, 3.63) is 30.4 Å². The highest BCUT2D eigenvalue weighted by atomic mass is 32.2. The van der Waals surface area contributed by atoms with Crippen molar-refractivity contribution in [2.24, 2.45) is 0 Å². The number of hydrogen-bond acceptors (Lipinski definition) is 6. The molecule has 2 aromatic heterocycles. The van der Waals surface area contributed by atoms with Crippen LogP contribution in [0, 0.1) is 11.3 Å². The zero-order chi connectivity index (χ0) is 9.80. The van der Waals surface area contributed by atoms with E-state index in [-0.39, 0.29) is 0 Å². The third-order valence-electron chi connectivity index (χ3n) is 1.40. The molecular weight excluding hydrogens is 216 g/mol. The first-order valence-corrected chi connectivity index (χ1v) is 5.28. The standard InChI is InChI=1S/C8H4N4S2/c9-3-6-1-2-7(4-10-6)13-8-11-5-12-14-8/h1-2,4-5H. The van der Waals surface area contributed by atoms with Crippen LogP contribution in [0.5, 0.6) is 0 Å². The van der Waals surface area contributed by atoms with Crippen LogP contribution in [0.3, 0.4) is 0 Å². The Hall–Kier alpha value is -1.45. The third-order valence-corrected chi connectivity index (χ3v) is 3.09. The minimum Gasteiger partial charge on any atom is -0.244 e. The van der Waals surface area contributed by atoms with Gasteiger partial charge < -0.3 is 0 Å². The Morgan fingerprint density at radius 3 is 2.86 bits per heavy atom. The summed E-state index contributed by atoms with van der Waals surface area (Å²) in [7, 11) is 0. The van der Waals surface area contributed by atoms with Crippen molar-refractivity contribution in [1.29, 1.82) is 5.26 Å². The number of aromatic nitrogens is 3. The summed E-state index contributed by atoms with van der Waals surface area (Å²) in [4.78, 5) is 8.94. The van der Waals surface area contributed by atoms with Crippen molar-refractivity contribution in [2.75, 3.05) is 0 Å². The summed E-state index contributed by atoms with van der Waals surface area (Å²) < 4.78 is 4.76. The van der Waals surface area contributed by atoms with Crippen molar-refractivity contribution in [2.45, 2.75) is 9.24 Å². The van der Waals surface area contributed by atoms with Crippen LogP contribution in [0.15, 0.2) is 33.9 Å². The summed E-state index contributed by atoms with van der Waals surface area (Å²) in [5.41, 5.74) is 0.423. The van der Waals surface area contributed by atoms with Crippen LogP contribution in [-0.2, 0) is 0 Å². The fourth-order valence-electron chi connectivity index (χ4n) is 0.816. The van der Waals surface area contributed by atoms with Gasteiger partial charge in [-0.1, -0.05) is 11.8 Å². The minimum absolute atomic E-state index is 0.423. The molecule has 0 aliphatic rings. The highest BCUT2D eigenvalue weighted by Gasteiger charge is 2.00. The molecule has 0 unspecified atom stereocenters. The quantitative estimate of drug-likeness (QED) is 0.774. The molecule has 2 rings (SSSR count). The molecule has 0 N–H and O–H groups in total. The molecule has 6 heteroatoms. The number of nitrogens with zero attached hydrogens (tertiary/aromatic N) is 4. The Kier molecular flexibility index (Phi) is 2.72. The molecule has 0 atom stereocenters. The maximum absolute atomic E-state index is 8.55. The topological polar surface area (TPSA) is 62.5 Å². The first-order valence-electron chi connectivity index (χ1n) is 3.69. The van der Waals surface area contributed by atoms with Crippen LogP contribution in [0.1, 0.15) is 5.69 Å². The first-order chi connectivity index (χ1) is 6.88. The van der Waals surface area contributed by atoms with Crippen molar-refractivity contribution >= 4 is 23.3 Å². The molecular formula is C8H4N4S2. The van der Waals surface area contributed by atoms with Crippen molar-refractivity contribution in [3.63, 3.8) is 0 Å². The minimum atomic E-state index is 0.423. The normalized spacial score (nSPS) is 9.64. The van der Waals surface area contributed by atoms with E-state index in [2.05, 4.69) is 14.3 Å². The van der Waals surface area contributed by atoms with Gasteiger partial charge in [-0.2, -0.15) is 9.64 Å². The fourth-order valence-corrected chi connectivity index (χ4v) is 2.20. The Balaban J connectivity index is 2.15. The fraction of sp³-hybridized carbons (Fsp3) is 0. The molecule has 0 aliphatic heterocycles. The van der Waals surface area contributed by atoms with E-state index in [1.807, 2.05) is 12.1 Å². The summed E-state index contributed by atoms with van der Waals surface area (Å²) in [6.45, 7) is 0. The van der Waals surface area contributed by atoms with Gasteiger partial charge >= 0.3 is 0 Å². The second kappa shape index (κ2) is 4.17. The maximum atomic E-state index is 8.55. The second-order valence-electron chi connectivity index (χ2n) is 2.30. The molecule has 0 aromatic carbocycles.